The topological polar surface area (TPSA) is 92.2 Å². The van der Waals surface area contributed by atoms with Crippen LogP contribution in [0, 0.1) is 0 Å². The Morgan fingerprint density at radius 1 is 0.955 bits per heavy atom. The number of carbonyl (C=O) groups is 1. The number of benzene rings is 4. The van der Waals surface area contributed by atoms with E-state index in [9.17, 15) is 4.79 Å². The molecule has 5 rings (SSSR count). The predicted molar refractivity (Wildman–Crippen MR) is 180 cm³/mol. The molecule has 44 heavy (non-hydrogen) atoms. The SMILES string of the molecule is O=C(NNCCc1ccccc1Cl)[C@@]1(Cc2ccc(Br)cc2)N=C(c2ccc(OCCCO)cc2)O[C@H]1c1ccc(Br)cc1. The van der Waals surface area contributed by atoms with Gasteiger partial charge in [-0.2, -0.15) is 0 Å². The minimum absolute atomic E-state index is 0.0670. The summed E-state index contributed by atoms with van der Waals surface area (Å²) >= 11 is 13.4. The number of aliphatic hydroxyl groups is 1. The maximum Gasteiger partial charge on any atom is 0.266 e. The summed E-state index contributed by atoms with van der Waals surface area (Å²) in [6.07, 6.45) is 0.769. The van der Waals surface area contributed by atoms with Crippen LogP contribution in [0.3, 0.4) is 0 Å². The van der Waals surface area contributed by atoms with Gasteiger partial charge in [0.15, 0.2) is 11.6 Å². The van der Waals surface area contributed by atoms with E-state index < -0.39 is 11.6 Å². The molecule has 0 bridgehead atoms. The monoisotopic (exact) mass is 739 g/mol. The number of amides is 1. The quantitative estimate of drug-likeness (QED) is 0.102. The minimum Gasteiger partial charge on any atom is -0.494 e. The van der Waals surface area contributed by atoms with E-state index >= 15 is 0 Å². The Balaban J connectivity index is 1.47. The Hall–Kier alpha value is -3.21. The van der Waals surface area contributed by atoms with E-state index in [1.54, 1.807) is 0 Å². The third kappa shape index (κ3) is 7.89. The highest BCUT2D eigenvalue weighted by Gasteiger charge is 2.53. The van der Waals surface area contributed by atoms with Crippen molar-refractivity contribution >= 4 is 55.3 Å². The van der Waals surface area contributed by atoms with Crippen LogP contribution in [0.5, 0.6) is 5.75 Å². The molecule has 4 aromatic carbocycles. The molecule has 1 aliphatic rings. The molecule has 1 amide bonds. The van der Waals surface area contributed by atoms with Gasteiger partial charge in [-0.15, -0.1) is 0 Å². The summed E-state index contributed by atoms with van der Waals surface area (Å²) in [5.41, 5.74) is 8.15. The minimum atomic E-state index is -1.33. The number of ether oxygens (including phenoxy) is 2. The zero-order valence-electron chi connectivity index (χ0n) is 23.8. The largest absolute Gasteiger partial charge is 0.494 e. The second-order valence-corrected chi connectivity index (χ2v) is 12.6. The molecule has 0 radical (unpaired) electrons. The molecule has 1 heterocycles. The highest BCUT2D eigenvalue weighted by atomic mass is 79.9. The Morgan fingerprint density at radius 3 is 2.32 bits per heavy atom. The first-order valence-electron chi connectivity index (χ1n) is 14.3. The van der Waals surface area contributed by atoms with E-state index in [2.05, 4.69) is 42.7 Å². The van der Waals surface area contributed by atoms with Gasteiger partial charge in [-0.05, 0) is 77.7 Å². The van der Waals surface area contributed by atoms with Crippen molar-refractivity contribution in [2.75, 3.05) is 19.8 Å². The molecule has 2 atom stereocenters. The highest BCUT2D eigenvalue weighted by molar-refractivity contribution is 9.10. The van der Waals surface area contributed by atoms with Gasteiger partial charge < -0.3 is 14.6 Å². The normalized spacial score (nSPS) is 17.5. The number of aliphatic hydroxyl groups excluding tert-OH is 1. The zero-order valence-corrected chi connectivity index (χ0v) is 27.7. The molecule has 0 saturated heterocycles. The number of rotatable bonds is 13. The summed E-state index contributed by atoms with van der Waals surface area (Å²) in [6, 6.07) is 30.7. The Bertz CT molecular complexity index is 1580. The molecular formula is C34H32Br2ClN3O4. The number of hydrogen-bond donors (Lipinski definition) is 3. The van der Waals surface area contributed by atoms with Crippen LogP contribution in [-0.2, 0) is 22.4 Å². The summed E-state index contributed by atoms with van der Waals surface area (Å²) in [5.74, 6) is 0.724. The van der Waals surface area contributed by atoms with Crippen molar-refractivity contribution < 1.29 is 19.4 Å². The number of aliphatic imine (C=N–C) groups is 1. The lowest BCUT2D eigenvalue weighted by Crippen LogP contribution is -2.54. The fourth-order valence-corrected chi connectivity index (χ4v) is 5.74. The van der Waals surface area contributed by atoms with E-state index in [4.69, 9.17) is 31.2 Å². The molecule has 228 valence electrons. The average Bonchev–Trinajstić information content (AvgIpc) is 3.42. The van der Waals surface area contributed by atoms with Gasteiger partial charge in [0.2, 0.25) is 5.90 Å². The highest BCUT2D eigenvalue weighted by Crippen LogP contribution is 2.43. The number of halogens is 3. The van der Waals surface area contributed by atoms with E-state index in [0.29, 0.717) is 49.1 Å². The summed E-state index contributed by atoms with van der Waals surface area (Å²) < 4.78 is 14.1. The summed E-state index contributed by atoms with van der Waals surface area (Å²) in [6.45, 7) is 0.957. The molecule has 4 aromatic rings. The van der Waals surface area contributed by atoms with E-state index in [1.165, 1.54) is 0 Å². The van der Waals surface area contributed by atoms with Crippen LogP contribution < -0.4 is 15.6 Å². The van der Waals surface area contributed by atoms with Crippen LogP contribution in [0.2, 0.25) is 5.02 Å². The molecule has 3 N–H and O–H groups in total. The van der Waals surface area contributed by atoms with Gasteiger partial charge in [0.25, 0.3) is 5.91 Å². The number of hydrazine groups is 1. The van der Waals surface area contributed by atoms with Crippen molar-refractivity contribution in [2.24, 2.45) is 4.99 Å². The van der Waals surface area contributed by atoms with Crippen molar-refractivity contribution in [3.05, 3.63) is 133 Å². The standard InChI is InChI=1S/C34H32Br2ClN3O4/c35-27-12-6-23(7-13-27)22-34(33(42)40-38-19-18-24-4-1-2-5-30(24)37)31(25-8-14-28(36)15-9-25)44-32(39-34)26-10-16-29(17-11-26)43-21-3-20-41/h1-2,4-17,31,38,41H,3,18-22H2,(H,40,42)/t31-,34-/m0/s1. The van der Waals surface area contributed by atoms with E-state index in [-0.39, 0.29) is 12.5 Å². The number of nitrogens with zero attached hydrogens (tertiary/aromatic N) is 1. The van der Waals surface area contributed by atoms with Crippen LogP contribution in [0.25, 0.3) is 0 Å². The predicted octanol–water partition coefficient (Wildman–Crippen LogP) is 6.99. The lowest BCUT2D eigenvalue weighted by atomic mass is 9.82. The lowest BCUT2D eigenvalue weighted by Gasteiger charge is -2.31. The Labute approximate surface area is 278 Å². The summed E-state index contributed by atoms with van der Waals surface area (Å²) in [4.78, 5) is 19.4. The zero-order chi connectivity index (χ0) is 30.9. The molecular weight excluding hydrogens is 710 g/mol. The first-order chi connectivity index (χ1) is 21.4. The van der Waals surface area contributed by atoms with Gasteiger partial charge in [-0.3, -0.25) is 10.2 Å². The van der Waals surface area contributed by atoms with Crippen molar-refractivity contribution in [3.8, 4) is 5.75 Å². The van der Waals surface area contributed by atoms with Crippen LogP contribution in [-0.4, -0.2) is 42.2 Å². The molecule has 10 heteroatoms. The second-order valence-electron chi connectivity index (χ2n) is 10.4. The molecule has 7 nitrogen and oxygen atoms in total. The fourth-order valence-electron chi connectivity index (χ4n) is 4.98. The Morgan fingerprint density at radius 2 is 1.64 bits per heavy atom. The number of hydrogen-bond acceptors (Lipinski definition) is 6. The van der Waals surface area contributed by atoms with Crippen LogP contribution in [0.4, 0.5) is 0 Å². The van der Waals surface area contributed by atoms with E-state index in [0.717, 1.165) is 31.2 Å². The molecule has 0 spiro atoms. The smallest absolute Gasteiger partial charge is 0.266 e. The van der Waals surface area contributed by atoms with Gasteiger partial charge in [0.1, 0.15) is 5.75 Å². The first kappa shape index (κ1) is 32.2. The molecule has 0 saturated carbocycles. The van der Waals surface area contributed by atoms with Gasteiger partial charge >= 0.3 is 0 Å². The third-order valence-corrected chi connectivity index (χ3v) is 8.69. The second kappa shape index (κ2) is 15.2. The van der Waals surface area contributed by atoms with Crippen LogP contribution in [0.15, 0.2) is 111 Å². The molecule has 0 unspecified atom stereocenters. The van der Waals surface area contributed by atoms with Crippen molar-refractivity contribution in [2.45, 2.75) is 30.9 Å². The summed E-state index contributed by atoms with van der Waals surface area (Å²) in [5, 5.41) is 9.74. The maximum atomic E-state index is 14.3. The van der Waals surface area contributed by atoms with Gasteiger partial charge in [0.05, 0.1) is 6.61 Å². The average molecular weight is 742 g/mol. The number of nitrogens with one attached hydrogen (secondary N) is 2. The molecule has 0 aliphatic carbocycles. The fraction of sp³-hybridized carbons (Fsp3) is 0.235. The van der Waals surface area contributed by atoms with E-state index in [1.807, 2.05) is 97.1 Å². The summed E-state index contributed by atoms with van der Waals surface area (Å²) in [7, 11) is 0. The van der Waals surface area contributed by atoms with Crippen molar-refractivity contribution in [3.63, 3.8) is 0 Å². The Kier molecular flexibility index (Phi) is 11.1. The van der Waals surface area contributed by atoms with Crippen molar-refractivity contribution in [1.29, 1.82) is 0 Å². The first-order valence-corrected chi connectivity index (χ1v) is 16.2. The molecule has 0 aromatic heterocycles. The maximum absolute atomic E-state index is 14.3. The molecule has 1 aliphatic heterocycles. The van der Waals surface area contributed by atoms with Gasteiger partial charge in [-0.25, -0.2) is 10.4 Å². The number of carbonyl (C=O) groups excluding carboxylic acids is 1. The van der Waals surface area contributed by atoms with Crippen LogP contribution in [0.1, 0.15) is 34.8 Å². The third-order valence-electron chi connectivity index (χ3n) is 7.27. The van der Waals surface area contributed by atoms with Crippen molar-refractivity contribution in [1.82, 2.24) is 10.9 Å². The molecule has 0 fully saturated rings. The van der Waals surface area contributed by atoms with Gasteiger partial charge in [-0.1, -0.05) is 85.9 Å². The van der Waals surface area contributed by atoms with Crippen LogP contribution >= 0.6 is 43.5 Å². The van der Waals surface area contributed by atoms with Gasteiger partial charge in [0, 0.05) is 45.5 Å². The lowest BCUT2D eigenvalue weighted by molar-refractivity contribution is -0.130.